The zero-order chi connectivity index (χ0) is 19.8. The minimum atomic E-state index is -3.68. The number of carbonyl (C=O) groups excluding carboxylic acids is 1. The Hall–Kier alpha value is -1.64. The van der Waals surface area contributed by atoms with E-state index in [1.54, 1.807) is 34.1 Å². The van der Waals surface area contributed by atoms with Crippen molar-refractivity contribution >= 4 is 16.1 Å². The fraction of sp³-hybridized carbons (Fsp3) is 0.632. The van der Waals surface area contributed by atoms with E-state index in [-0.39, 0.29) is 22.9 Å². The molecule has 2 heterocycles. The van der Waals surface area contributed by atoms with Crippen molar-refractivity contribution in [2.24, 2.45) is 5.92 Å². The number of amides is 2. The normalized spacial score (nSPS) is 24.6. The molecule has 0 spiro atoms. The first kappa shape index (κ1) is 20.1. The summed E-state index contributed by atoms with van der Waals surface area (Å²) in [7, 11) is -3.68. The maximum Gasteiger partial charge on any atom is 0.321 e. The standard InChI is InChI=1S/C19H29N3O4S/c1-14(2)18-21(27(24,25)17-7-5-15(3)6-8-17)13-16(4)22(18)19(23)20-9-11-26-12-10-20/h5-8,14,16,18H,9-13H2,1-4H3. The number of nitrogens with zero attached hydrogens (tertiary/aromatic N) is 3. The lowest BCUT2D eigenvalue weighted by atomic mass is 10.1. The molecule has 0 saturated carbocycles. The molecule has 1 aromatic carbocycles. The summed E-state index contributed by atoms with van der Waals surface area (Å²) in [5.41, 5.74) is 1.01. The molecule has 2 saturated heterocycles. The van der Waals surface area contributed by atoms with Gasteiger partial charge in [0, 0.05) is 25.7 Å². The Morgan fingerprint density at radius 2 is 1.74 bits per heavy atom. The molecular weight excluding hydrogens is 366 g/mol. The van der Waals surface area contributed by atoms with Gasteiger partial charge in [0.2, 0.25) is 10.0 Å². The molecule has 1 aromatic rings. The summed E-state index contributed by atoms with van der Waals surface area (Å²) >= 11 is 0. The third-order valence-corrected chi connectivity index (χ3v) is 7.08. The molecule has 0 radical (unpaired) electrons. The van der Waals surface area contributed by atoms with Crippen molar-refractivity contribution in [2.75, 3.05) is 32.8 Å². The third kappa shape index (κ3) is 3.83. The Labute approximate surface area is 161 Å². The van der Waals surface area contributed by atoms with Gasteiger partial charge in [-0.05, 0) is 31.9 Å². The lowest BCUT2D eigenvalue weighted by Crippen LogP contribution is -2.55. The Bertz CT molecular complexity index is 773. The fourth-order valence-corrected chi connectivity index (χ4v) is 5.61. The first-order valence-corrected chi connectivity index (χ1v) is 10.9. The van der Waals surface area contributed by atoms with Crippen LogP contribution in [0.1, 0.15) is 26.3 Å². The predicted molar refractivity (Wildman–Crippen MR) is 103 cm³/mol. The van der Waals surface area contributed by atoms with Gasteiger partial charge in [0.25, 0.3) is 0 Å². The second kappa shape index (κ2) is 7.77. The van der Waals surface area contributed by atoms with Crippen LogP contribution in [0.2, 0.25) is 0 Å². The first-order chi connectivity index (χ1) is 12.7. The van der Waals surface area contributed by atoms with Gasteiger partial charge in [-0.15, -0.1) is 0 Å². The SMILES string of the molecule is Cc1ccc(S(=O)(=O)N2CC(C)N(C(=O)N3CCOCC3)C2C(C)C)cc1. The summed E-state index contributed by atoms with van der Waals surface area (Å²) in [6.45, 7) is 10.2. The summed E-state index contributed by atoms with van der Waals surface area (Å²) in [6.07, 6.45) is -0.498. The van der Waals surface area contributed by atoms with Crippen molar-refractivity contribution in [3.05, 3.63) is 29.8 Å². The number of hydrogen-bond donors (Lipinski definition) is 0. The van der Waals surface area contributed by atoms with Gasteiger partial charge in [0.05, 0.1) is 18.1 Å². The van der Waals surface area contributed by atoms with Gasteiger partial charge in [-0.25, -0.2) is 13.2 Å². The van der Waals surface area contributed by atoms with Crippen LogP contribution in [-0.4, -0.2) is 73.6 Å². The number of carbonyl (C=O) groups is 1. The monoisotopic (exact) mass is 395 g/mol. The number of sulfonamides is 1. The summed E-state index contributed by atoms with van der Waals surface area (Å²) in [5.74, 6) is -0.0276. The van der Waals surface area contributed by atoms with Crippen molar-refractivity contribution < 1.29 is 17.9 Å². The molecule has 2 amide bonds. The van der Waals surface area contributed by atoms with E-state index in [2.05, 4.69) is 0 Å². The maximum absolute atomic E-state index is 13.3. The van der Waals surface area contributed by atoms with E-state index in [4.69, 9.17) is 4.74 Å². The largest absolute Gasteiger partial charge is 0.378 e. The molecule has 27 heavy (non-hydrogen) atoms. The molecule has 2 fully saturated rings. The van der Waals surface area contributed by atoms with Crippen LogP contribution >= 0.6 is 0 Å². The highest BCUT2D eigenvalue weighted by Crippen LogP contribution is 2.32. The average Bonchev–Trinajstić information content (AvgIpc) is 3.00. The van der Waals surface area contributed by atoms with Gasteiger partial charge in [-0.3, -0.25) is 0 Å². The molecular formula is C19H29N3O4S. The van der Waals surface area contributed by atoms with Crippen molar-refractivity contribution in [1.29, 1.82) is 0 Å². The third-order valence-electron chi connectivity index (χ3n) is 5.23. The zero-order valence-corrected chi connectivity index (χ0v) is 17.3. The molecule has 2 aliphatic rings. The maximum atomic E-state index is 13.3. The van der Waals surface area contributed by atoms with Gasteiger partial charge in [0.1, 0.15) is 6.17 Å². The van der Waals surface area contributed by atoms with Crippen LogP contribution < -0.4 is 0 Å². The number of urea groups is 1. The van der Waals surface area contributed by atoms with E-state index < -0.39 is 16.2 Å². The topological polar surface area (TPSA) is 70.2 Å². The number of ether oxygens (including phenoxy) is 1. The van der Waals surface area contributed by atoms with Gasteiger partial charge in [0.15, 0.2) is 0 Å². The molecule has 2 unspecified atom stereocenters. The van der Waals surface area contributed by atoms with Gasteiger partial charge in [-0.1, -0.05) is 31.5 Å². The summed E-state index contributed by atoms with van der Waals surface area (Å²) in [6, 6.07) is 6.58. The average molecular weight is 396 g/mol. The van der Waals surface area contributed by atoms with Crippen molar-refractivity contribution in [2.45, 2.75) is 44.8 Å². The van der Waals surface area contributed by atoms with Crippen LogP contribution in [0.3, 0.4) is 0 Å². The summed E-state index contributed by atoms with van der Waals surface area (Å²) in [4.78, 5) is 16.9. The van der Waals surface area contributed by atoms with Crippen LogP contribution in [0, 0.1) is 12.8 Å². The predicted octanol–water partition coefficient (Wildman–Crippen LogP) is 2.12. The molecule has 0 aliphatic carbocycles. The molecule has 0 bridgehead atoms. The number of morpholine rings is 1. The molecule has 2 atom stereocenters. The van der Waals surface area contributed by atoms with Crippen LogP contribution in [0.15, 0.2) is 29.2 Å². The van der Waals surface area contributed by atoms with E-state index in [1.165, 1.54) is 4.31 Å². The van der Waals surface area contributed by atoms with E-state index in [0.717, 1.165) is 5.56 Å². The lowest BCUT2D eigenvalue weighted by molar-refractivity contribution is 0.0334. The molecule has 2 aliphatic heterocycles. The number of rotatable bonds is 3. The molecule has 7 nitrogen and oxygen atoms in total. The Morgan fingerprint density at radius 3 is 2.30 bits per heavy atom. The molecule has 8 heteroatoms. The second-order valence-electron chi connectivity index (χ2n) is 7.68. The van der Waals surface area contributed by atoms with Gasteiger partial charge in [-0.2, -0.15) is 4.31 Å². The Kier molecular flexibility index (Phi) is 5.79. The van der Waals surface area contributed by atoms with E-state index in [9.17, 15) is 13.2 Å². The van der Waals surface area contributed by atoms with Gasteiger partial charge >= 0.3 is 6.03 Å². The molecule has 150 valence electrons. The summed E-state index contributed by atoms with van der Waals surface area (Å²) in [5, 5.41) is 0. The highest BCUT2D eigenvalue weighted by molar-refractivity contribution is 7.89. The quantitative estimate of drug-likeness (QED) is 0.786. The fourth-order valence-electron chi connectivity index (χ4n) is 3.82. The van der Waals surface area contributed by atoms with Crippen molar-refractivity contribution in [3.63, 3.8) is 0 Å². The summed E-state index contributed by atoms with van der Waals surface area (Å²) < 4.78 is 33.4. The molecule has 3 rings (SSSR count). The molecule has 0 aromatic heterocycles. The van der Waals surface area contributed by atoms with E-state index in [1.807, 2.05) is 27.7 Å². The zero-order valence-electron chi connectivity index (χ0n) is 16.5. The van der Waals surface area contributed by atoms with Gasteiger partial charge < -0.3 is 14.5 Å². The van der Waals surface area contributed by atoms with E-state index in [0.29, 0.717) is 32.8 Å². The Balaban J connectivity index is 1.92. The molecule has 0 N–H and O–H groups in total. The number of hydrogen-bond acceptors (Lipinski definition) is 4. The number of aryl methyl sites for hydroxylation is 1. The highest BCUT2D eigenvalue weighted by Gasteiger charge is 2.48. The van der Waals surface area contributed by atoms with Crippen molar-refractivity contribution in [3.8, 4) is 0 Å². The van der Waals surface area contributed by atoms with Crippen LogP contribution in [0.5, 0.6) is 0 Å². The lowest BCUT2D eigenvalue weighted by Gasteiger charge is -2.38. The first-order valence-electron chi connectivity index (χ1n) is 9.47. The highest BCUT2D eigenvalue weighted by atomic mass is 32.2. The number of benzene rings is 1. The second-order valence-corrected chi connectivity index (χ2v) is 9.57. The Morgan fingerprint density at radius 1 is 1.15 bits per heavy atom. The van der Waals surface area contributed by atoms with Crippen LogP contribution in [-0.2, 0) is 14.8 Å². The van der Waals surface area contributed by atoms with Crippen LogP contribution in [0.4, 0.5) is 4.79 Å². The minimum absolute atomic E-state index is 0.0276. The smallest absolute Gasteiger partial charge is 0.321 e. The van der Waals surface area contributed by atoms with Crippen LogP contribution in [0.25, 0.3) is 0 Å². The van der Waals surface area contributed by atoms with E-state index >= 15 is 0 Å². The minimum Gasteiger partial charge on any atom is -0.378 e. The van der Waals surface area contributed by atoms with Crippen molar-refractivity contribution in [1.82, 2.24) is 14.1 Å².